The SMILES string of the molecule is COc1ccccc1C(=O)OCC(=O)Nc1cc(C(C)(C)C)nn1-c1ccccc1. The minimum atomic E-state index is -0.630. The molecule has 2 aromatic carbocycles. The molecular weight excluding hydrogens is 382 g/mol. The molecule has 0 saturated heterocycles. The summed E-state index contributed by atoms with van der Waals surface area (Å²) in [5.41, 5.74) is 1.70. The number of nitrogens with one attached hydrogen (secondary N) is 1. The van der Waals surface area contributed by atoms with Gasteiger partial charge < -0.3 is 14.8 Å². The third-order valence-electron chi connectivity index (χ3n) is 4.41. The lowest BCUT2D eigenvalue weighted by atomic mass is 9.92. The van der Waals surface area contributed by atoms with E-state index in [-0.39, 0.29) is 11.0 Å². The molecule has 0 saturated carbocycles. The first-order valence-corrected chi connectivity index (χ1v) is 9.55. The summed E-state index contributed by atoms with van der Waals surface area (Å²) in [5.74, 6) is -0.199. The van der Waals surface area contributed by atoms with Gasteiger partial charge in [-0.15, -0.1) is 0 Å². The number of ether oxygens (including phenoxy) is 2. The largest absolute Gasteiger partial charge is 0.496 e. The molecule has 156 valence electrons. The maximum atomic E-state index is 12.5. The number of hydrogen-bond acceptors (Lipinski definition) is 5. The highest BCUT2D eigenvalue weighted by Crippen LogP contribution is 2.26. The summed E-state index contributed by atoms with van der Waals surface area (Å²) < 4.78 is 12.0. The van der Waals surface area contributed by atoms with Gasteiger partial charge in [0, 0.05) is 11.5 Å². The van der Waals surface area contributed by atoms with E-state index >= 15 is 0 Å². The van der Waals surface area contributed by atoms with Crippen molar-refractivity contribution in [3.63, 3.8) is 0 Å². The number of aromatic nitrogens is 2. The van der Waals surface area contributed by atoms with E-state index in [4.69, 9.17) is 9.47 Å². The van der Waals surface area contributed by atoms with Gasteiger partial charge in [0.2, 0.25) is 0 Å². The van der Waals surface area contributed by atoms with Crippen molar-refractivity contribution in [1.82, 2.24) is 9.78 Å². The smallest absolute Gasteiger partial charge is 0.342 e. The van der Waals surface area contributed by atoms with Crippen LogP contribution in [-0.4, -0.2) is 35.4 Å². The van der Waals surface area contributed by atoms with Crippen molar-refractivity contribution in [3.05, 3.63) is 71.9 Å². The second-order valence-electron chi connectivity index (χ2n) is 7.74. The molecule has 7 nitrogen and oxygen atoms in total. The van der Waals surface area contributed by atoms with E-state index in [0.29, 0.717) is 11.6 Å². The fourth-order valence-electron chi connectivity index (χ4n) is 2.80. The Morgan fingerprint density at radius 2 is 1.70 bits per heavy atom. The number of carbonyl (C=O) groups excluding carboxylic acids is 2. The lowest BCUT2D eigenvalue weighted by molar-refractivity contribution is -0.119. The molecule has 7 heteroatoms. The quantitative estimate of drug-likeness (QED) is 0.625. The van der Waals surface area contributed by atoms with Crippen molar-refractivity contribution < 1.29 is 19.1 Å². The number of hydrogen-bond donors (Lipinski definition) is 1. The Hall–Kier alpha value is -3.61. The molecule has 0 spiro atoms. The van der Waals surface area contributed by atoms with Gasteiger partial charge in [0.05, 0.1) is 18.5 Å². The maximum Gasteiger partial charge on any atom is 0.342 e. The summed E-state index contributed by atoms with van der Waals surface area (Å²) in [6.07, 6.45) is 0. The molecule has 0 radical (unpaired) electrons. The van der Waals surface area contributed by atoms with Crippen LogP contribution in [0.2, 0.25) is 0 Å². The Labute approximate surface area is 175 Å². The van der Waals surface area contributed by atoms with Gasteiger partial charge in [-0.25, -0.2) is 9.48 Å². The van der Waals surface area contributed by atoms with Crippen molar-refractivity contribution >= 4 is 17.7 Å². The summed E-state index contributed by atoms with van der Waals surface area (Å²) in [7, 11) is 1.47. The third-order valence-corrected chi connectivity index (χ3v) is 4.41. The molecule has 1 amide bonds. The molecule has 0 atom stereocenters. The predicted molar refractivity (Wildman–Crippen MR) is 114 cm³/mol. The van der Waals surface area contributed by atoms with Crippen LogP contribution in [0.25, 0.3) is 5.69 Å². The molecule has 0 fully saturated rings. The van der Waals surface area contributed by atoms with Gasteiger partial charge in [-0.05, 0) is 24.3 Å². The number of esters is 1. The second-order valence-corrected chi connectivity index (χ2v) is 7.74. The minimum absolute atomic E-state index is 0.199. The summed E-state index contributed by atoms with van der Waals surface area (Å²) in [6, 6.07) is 18.0. The monoisotopic (exact) mass is 407 g/mol. The van der Waals surface area contributed by atoms with E-state index in [0.717, 1.165) is 11.4 Å². The van der Waals surface area contributed by atoms with Crippen molar-refractivity contribution in [2.24, 2.45) is 0 Å². The van der Waals surface area contributed by atoms with Gasteiger partial charge >= 0.3 is 5.97 Å². The van der Waals surface area contributed by atoms with Crippen LogP contribution in [0.5, 0.6) is 5.75 Å². The maximum absolute atomic E-state index is 12.5. The van der Waals surface area contributed by atoms with Crippen LogP contribution in [0.3, 0.4) is 0 Å². The summed E-state index contributed by atoms with van der Waals surface area (Å²) >= 11 is 0. The van der Waals surface area contributed by atoms with Gasteiger partial charge in [0.15, 0.2) is 6.61 Å². The predicted octanol–water partition coefficient (Wildman–Crippen LogP) is 3.97. The molecular formula is C23H25N3O4. The van der Waals surface area contributed by atoms with Crippen LogP contribution in [0, 0.1) is 0 Å². The zero-order valence-corrected chi connectivity index (χ0v) is 17.5. The number of benzene rings is 2. The molecule has 0 bridgehead atoms. The molecule has 3 aromatic rings. The van der Waals surface area contributed by atoms with E-state index in [1.165, 1.54) is 7.11 Å². The minimum Gasteiger partial charge on any atom is -0.496 e. The number of nitrogens with zero attached hydrogens (tertiary/aromatic N) is 2. The molecule has 0 aliphatic heterocycles. The number of methoxy groups -OCH3 is 1. The molecule has 1 N–H and O–H groups in total. The van der Waals surface area contributed by atoms with Crippen LogP contribution in [0.15, 0.2) is 60.7 Å². The van der Waals surface area contributed by atoms with Crippen LogP contribution in [0.4, 0.5) is 5.82 Å². The standard InChI is InChI=1S/C23H25N3O4/c1-23(2,3)19-14-20(26(25-19)16-10-6-5-7-11-16)24-21(27)15-30-22(28)17-12-8-9-13-18(17)29-4/h5-14H,15H2,1-4H3,(H,24,27). The molecule has 30 heavy (non-hydrogen) atoms. The second kappa shape index (κ2) is 8.82. The van der Waals surface area contributed by atoms with Gasteiger partial charge in [-0.1, -0.05) is 51.1 Å². The Morgan fingerprint density at radius 3 is 2.37 bits per heavy atom. The Bertz CT molecular complexity index is 1040. The highest BCUT2D eigenvalue weighted by Gasteiger charge is 2.22. The average Bonchev–Trinajstić information content (AvgIpc) is 3.17. The van der Waals surface area contributed by atoms with E-state index in [1.807, 2.05) is 57.2 Å². The summed E-state index contributed by atoms with van der Waals surface area (Å²) in [4.78, 5) is 24.8. The average molecular weight is 407 g/mol. The number of para-hydroxylation sites is 2. The Kier molecular flexibility index (Phi) is 6.20. The number of rotatable bonds is 6. The van der Waals surface area contributed by atoms with Crippen LogP contribution < -0.4 is 10.1 Å². The topological polar surface area (TPSA) is 82.4 Å². The van der Waals surface area contributed by atoms with Gasteiger partial charge in [0.1, 0.15) is 17.1 Å². The lowest BCUT2D eigenvalue weighted by Crippen LogP contribution is -2.22. The Balaban J connectivity index is 1.75. The third kappa shape index (κ3) is 4.86. The van der Waals surface area contributed by atoms with Gasteiger partial charge in [-0.2, -0.15) is 5.10 Å². The van der Waals surface area contributed by atoms with Crippen LogP contribution >= 0.6 is 0 Å². The van der Waals surface area contributed by atoms with Crippen molar-refractivity contribution in [2.45, 2.75) is 26.2 Å². The van der Waals surface area contributed by atoms with Crippen molar-refractivity contribution in [2.75, 3.05) is 19.0 Å². The highest BCUT2D eigenvalue weighted by atomic mass is 16.5. The van der Waals surface area contributed by atoms with E-state index in [2.05, 4.69) is 10.4 Å². The first-order chi connectivity index (χ1) is 14.3. The van der Waals surface area contributed by atoms with Crippen molar-refractivity contribution in [1.29, 1.82) is 0 Å². The zero-order valence-electron chi connectivity index (χ0n) is 17.5. The molecule has 0 aliphatic carbocycles. The van der Waals surface area contributed by atoms with Crippen LogP contribution in [-0.2, 0) is 14.9 Å². The fourth-order valence-corrected chi connectivity index (χ4v) is 2.80. The zero-order chi connectivity index (χ0) is 21.7. The lowest BCUT2D eigenvalue weighted by Gasteiger charge is -2.14. The molecule has 0 aliphatic rings. The van der Waals surface area contributed by atoms with Crippen LogP contribution in [0.1, 0.15) is 36.8 Å². The van der Waals surface area contributed by atoms with E-state index < -0.39 is 18.5 Å². The van der Waals surface area contributed by atoms with Gasteiger partial charge in [0.25, 0.3) is 5.91 Å². The molecule has 1 aromatic heterocycles. The number of carbonyl (C=O) groups is 2. The summed E-state index contributed by atoms with van der Waals surface area (Å²) in [5, 5.41) is 7.44. The van der Waals surface area contributed by atoms with Crippen molar-refractivity contribution in [3.8, 4) is 11.4 Å². The normalized spacial score (nSPS) is 11.1. The number of amides is 1. The number of anilines is 1. The Morgan fingerprint density at radius 1 is 1.03 bits per heavy atom. The molecule has 0 unspecified atom stereocenters. The first-order valence-electron chi connectivity index (χ1n) is 9.55. The van der Waals surface area contributed by atoms with E-state index in [9.17, 15) is 9.59 Å². The molecule has 3 rings (SSSR count). The first kappa shape index (κ1) is 21.1. The fraction of sp³-hybridized carbons (Fsp3) is 0.261. The highest BCUT2D eigenvalue weighted by molar-refractivity contribution is 5.96. The van der Waals surface area contributed by atoms with E-state index in [1.54, 1.807) is 28.9 Å². The summed E-state index contributed by atoms with van der Waals surface area (Å²) in [6.45, 7) is 5.71. The molecule has 1 heterocycles. The van der Waals surface area contributed by atoms with Gasteiger partial charge in [-0.3, -0.25) is 4.79 Å².